The molecule has 1 N–H and O–H groups in total. The molecule has 2 aromatic rings. The van der Waals surface area contributed by atoms with Crippen LogP contribution >= 0.6 is 15.9 Å². The Morgan fingerprint density at radius 2 is 2.15 bits per heavy atom. The molecule has 1 heterocycles. The predicted octanol–water partition coefficient (Wildman–Crippen LogP) is 1.93. The van der Waals surface area contributed by atoms with Crippen molar-refractivity contribution >= 4 is 21.9 Å². The number of hydrogen-bond acceptors (Lipinski definition) is 5. The Morgan fingerprint density at radius 3 is 2.70 bits per heavy atom. The van der Waals surface area contributed by atoms with Crippen LogP contribution in [0.4, 0.5) is 0 Å². The third-order valence-electron chi connectivity index (χ3n) is 2.93. The van der Waals surface area contributed by atoms with E-state index in [1.54, 1.807) is 25.3 Å². The van der Waals surface area contributed by atoms with Crippen LogP contribution in [0.25, 0.3) is 11.4 Å². The highest BCUT2D eigenvalue weighted by atomic mass is 79.9. The molecule has 8 heteroatoms. The highest BCUT2D eigenvalue weighted by molar-refractivity contribution is 9.10. The van der Waals surface area contributed by atoms with Gasteiger partial charge in [0.15, 0.2) is 11.4 Å². The lowest BCUT2D eigenvalue weighted by Crippen LogP contribution is -2.37. The first-order valence-corrected chi connectivity index (χ1v) is 6.53. The highest BCUT2D eigenvalue weighted by Crippen LogP contribution is 2.31. The number of ether oxygens (including phenoxy) is 1. The lowest BCUT2D eigenvalue weighted by molar-refractivity contribution is -0.146. The average Bonchev–Trinajstić information content (AvgIpc) is 2.88. The topological polar surface area (TPSA) is 90.1 Å². The molecule has 0 aliphatic heterocycles. The number of carboxylic acid groups (broad SMARTS) is 1. The molecular weight excluding hydrogens is 328 g/mol. The van der Waals surface area contributed by atoms with Crippen LogP contribution in [0.1, 0.15) is 13.8 Å². The Kier molecular flexibility index (Phi) is 3.76. The molecule has 0 atom stereocenters. The third-order valence-corrected chi connectivity index (χ3v) is 3.55. The van der Waals surface area contributed by atoms with Crippen molar-refractivity contribution in [3.63, 3.8) is 0 Å². The molecule has 0 spiro atoms. The zero-order valence-corrected chi connectivity index (χ0v) is 12.7. The van der Waals surface area contributed by atoms with Gasteiger partial charge in [0, 0.05) is 5.56 Å². The van der Waals surface area contributed by atoms with Gasteiger partial charge in [-0.1, -0.05) is 0 Å². The lowest BCUT2D eigenvalue weighted by atomic mass is 10.1. The number of aromatic nitrogens is 4. The standard InChI is InChI=1S/C12H13BrN4O3/c1-12(2,11(18)19)17-10(14-15-16-17)7-4-5-9(20-3)8(13)6-7/h4-6H,1-3H3,(H,18,19). The number of aliphatic carboxylic acids is 1. The van der Waals surface area contributed by atoms with Gasteiger partial charge in [-0.2, -0.15) is 0 Å². The Balaban J connectivity index is 2.53. The van der Waals surface area contributed by atoms with E-state index in [-0.39, 0.29) is 0 Å². The maximum atomic E-state index is 11.3. The van der Waals surface area contributed by atoms with E-state index in [4.69, 9.17) is 4.74 Å². The van der Waals surface area contributed by atoms with Gasteiger partial charge in [0.05, 0.1) is 11.6 Å². The Bertz CT molecular complexity index is 654. The quantitative estimate of drug-likeness (QED) is 0.914. The van der Waals surface area contributed by atoms with Crippen LogP contribution in [0.5, 0.6) is 5.75 Å². The summed E-state index contributed by atoms with van der Waals surface area (Å²) < 4.78 is 7.17. The van der Waals surface area contributed by atoms with Gasteiger partial charge in [-0.3, -0.25) is 0 Å². The maximum absolute atomic E-state index is 11.3. The number of tetrazole rings is 1. The molecule has 7 nitrogen and oxygen atoms in total. The van der Waals surface area contributed by atoms with Gasteiger partial charge in [0.1, 0.15) is 5.75 Å². The van der Waals surface area contributed by atoms with E-state index < -0.39 is 11.5 Å². The molecule has 0 radical (unpaired) electrons. The van der Waals surface area contributed by atoms with Crippen molar-refractivity contribution < 1.29 is 14.6 Å². The smallest absolute Gasteiger partial charge is 0.331 e. The van der Waals surface area contributed by atoms with Crippen molar-refractivity contribution in [3.8, 4) is 17.1 Å². The van der Waals surface area contributed by atoms with Crippen molar-refractivity contribution in [1.29, 1.82) is 0 Å². The number of carbonyl (C=O) groups is 1. The monoisotopic (exact) mass is 340 g/mol. The molecule has 2 rings (SSSR count). The van der Waals surface area contributed by atoms with Crippen LogP contribution in [0.2, 0.25) is 0 Å². The molecule has 0 aliphatic rings. The first kappa shape index (κ1) is 14.4. The summed E-state index contributed by atoms with van der Waals surface area (Å²) >= 11 is 3.38. The number of rotatable bonds is 4. The van der Waals surface area contributed by atoms with Crippen LogP contribution in [-0.4, -0.2) is 38.4 Å². The first-order chi connectivity index (χ1) is 9.37. The number of hydrogen-bond donors (Lipinski definition) is 1. The van der Waals surface area contributed by atoms with E-state index in [0.29, 0.717) is 17.1 Å². The normalized spacial score (nSPS) is 11.4. The second kappa shape index (κ2) is 5.20. The van der Waals surface area contributed by atoms with Gasteiger partial charge in [-0.15, -0.1) is 5.10 Å². The Hall–Kier alpha value is -1.96. The minimum Gasteiger partial charge on any atom is -0.496 e. The second-order valence-electron chi connectivity index (χ2n) is 4.63. The van der Waals surface area contributed by atoms with Gasteiger partial charge >= 0.3 is 5.97 Å². The SMILES string of the molecule is COc1ccc(-c2nnnn2C(C)(C)C(=O)O)cc1Br. The number of carboxylic acids is 1. The second-order valence-corrected chi connectivity index (χ2v) is 5.48. The summed E-state index contributed by atoms with van der Waals surface area (Å²) in [4.78, 5) is 11.3. The van der Waals surface area contributed by atoms with Crippen LogP contribution in [0.3, 0.4) is 0 Å². The fourth-order valence-corrected chi connectivity index (χ4v) is 2.18. The van der Waals surface area contributed by atoms with Crippen LogP contribution in [-0.2, 0) is 10.3 Å². The van der Waals surface area contributed by atoms with E-state index >= 15 is 0 Å². The summed E-state index contributed by atoms with van der Waals surface area (Å²) in [5, 5.41) is 20.5. The van der Waals surface area contributed by atoms with Crippen LogP contribution < -0.4 is 4.74 Å². The third kappa shape index (κ3) is 2.38. The summed E-state index contributed by atoms with van der Waals surface area (Å²) in [6, 6.07) is 5.30. The molecule has 0 saturated carbocycles. The zero-order valence-electron chi connectivity index (χ0n) is 11.2. The van der Waals surface area contributed by atoms with Gasteiger partial charge in [0.25, 0.3) is 0 Å². The minimum atomic E-state index is -1.24. The number of methoxy groups -OCH3 is 1. The molecule has 106 valence electrons. The van der Waals surface area contributed by atoms with Crippen molar-refractivity contribution in [2.24, 2.45) is 0 Å². The number of benzene rings is 1. The summed E-state index contributed by atoms with van der Waals surface area (Å²) in [6.07, 6.45) is 0. The van der Waals surface area contributed by atoms with E-state index in [1.807, 2.05) is 0 Å². The largest absolute Gasteiger partial charge is 0.496 e. The summed E-state index contributed by atoms with van der Waals surface area (Å²) in [7, 11) is 1.57. The fraction of sp³-hybridized carbons (Fsp3) is 0.333. The van der Waals surface area contributed by atoms with E-state index in [2.05, 4.69) is 31.5 Å². The minimum absolute atomic E-state index is 0.376. The van der Waals surface area contributed by atoms with Crippen molar-refractivity contribution in [2.75, 3.05) is 7.11 Å². The van der Waals surface area contributed by atoms with E-state index in [0.717, 1.165) is 4.47 Å². The number of halogens is 1. The molecular formula is C12H13BrN4O3. The highest BCUT2D eigenvalue weighted by Gasteiger charge is 2.33. The molecule has 0 saturated heterocycles. The maximum Gasteiger partial charge on any atom is 0.331 e. The van der Waals surface area contributed by atoms with Gasteiger partial charge in [-0.25, -0.2) is 9.48 Å². The van der Waals surface area contributed by atoms with Gasteiger partial charge < -0.3 is 9.84 Å². The predicted molar refractivity (Wildman–Crippen MR) is 74.5 cm³/mol. The zero-order chi connectivity index (χ0) is 14.9. The first-order valence-electron chi connectivity index (χ1n) is 5.74. The van der Waals surface area contributed by atoms with Crippen LogP contribution in [0.15, 0.2) is 22.7 Å². The molecule has 0 bridgehead atoms. The molecule has 0 unspecified atom stereocenters. The molecule has 0 fully saturated rings. The van der Waals surface area contributed by atoms with Gasteiger partial charge in [0.2, 0.25) is 0 Å². The van der Waals surface area contributed by atoms with E-state index in [9.17, 15) is 9.90 Å². The van der Waals surface area contributed by atoms with E-state index in [1.165, 1.54) is 18.5 Å². The summed E-state index contributed by atoms with van der Waals surface area (Å²) in [6.45, 7) is 3.07. The molecule has 0 amide bonds. The Morgan fingerprint density at radius 1 is 1.45 bits per heavy atom. The Labute approximate surface area is 123 Å². The van der Waals surface area contributed by atoms with Gasteiger partial charge in [-0.05, 0) is 58.4 Å². The molecule has 1 aromatic heterocycles. The van der Waals surface area contributed by atoms with Crippen LogP contribution in [0, 0.1) is 0 Å². The summed E-state index contributed by atoms with van der Waals surface area (Å²) in [5.41, 5.74) is -0.553. The summed E-state index contributed by atoms with van der Waals surface area (Å²) in [5.74, 6) is 0.0321. The average molecular weight is 341 g/mol. The van der Waals surface area contributed by atoms with Crippen molar-refractivity contribution in [2.45, 2.75) is 19.4 Å². The molecule has 20 heavy (non-hydrogen) atoms. The fourth-order valence-electron chi connectivity index (χ4n) is 1.64. The number of nitrogens with zero attached hydrogens (tertiary/aromatic N) is 4. The molecule has 0 aliphatic carbocycles. The lowest BCUT2D eigenvalue weighted by Gasteiger charge is -2.20. The molecule has 1 aromatic carbocycles. The van der Waals surface area contributed by atoms with Crippen molar-refractivity contribution in [3.05, 3.63) is 22.7 Å². The van der Waals surface area contributed by atoms with Crippen molar-refractivity contribution in [1.82, 2.24) is 20.2 Å².